The number of hydrogen-bond acceptors (Lipinski definition) is 5. The van der Waals surface area contributed by atoms with Gasteiger partial charge in [-0.05, 0) is 0 Å². The Morgan fingerprint density at radius 3 is 2.21 bits per heavy atom. The van der Waals surface area contributed by atoms with Crippen LogP contribution >= 0.6 is 10.7 Å². The molecule has 0 saturated heterocycles. The van der Waals surface area contributed by atoms with Gasteiger partial charge in [0, 0.05) is 22.8 Å². The minimum atomic E-state index is -5.08. The lowest BCUT2D eigenvalue weighted by Gasteiger charge is -2.12. The van der Waals surface area contributed by atoms with Gasteiger partial charge in [0.25, 0.3) is 14.7 Å². The van der Waals surface area contributed by atoms with Crippen molar-refractivity contribution in [1.82, 2.24) is 0 Å². The van der Waals surface area contributed by atoms with Crippen molar-refractivity contribution in [3.8, 4) is 5.75 Å². The Balaban J connectivity index is 3.79. The van der Waals surface area contributed by atoms with E-state index in [1.807, 2.05) is 0 Å². The van der Waals surface area contributed by atoms with Crippen molar-refractivity contribution in [3.63, 3.8) is 0 Å². The first kappa shape index (κ1) is 15.5. The Morgan fingerprint density at radius 2 is 1.89 bits per heavy atom. The molecular formula is C8H5ClF3NO5S. The van der Waals surface area contributed by atoms with Gasteiger partial charge in [-0.1, -0.05) is 0 Å². The van der Waals surface area contributed by atoms with E-state index in [0.29, 0.717) is 6.07 Å². The third-order valence-electron chi connectivity index (χ3n) is 2.04. The number of nitro benzene ring substituents is 1. The number of halogens is 4. The van der Waals surface area contributed by atoms with E-state index in [1.54, 1.807) is 0 Å². The summed E-state index contributed by atoms with van der Waals surface area (Å²) in [6.45, 7) is 0. The van der Waals surface area contributed by atoms with Crippen LogP contribution in [0.3, 0.4) is 0 Å². The van der Waals surface area contributed by atoms with Crippen LogP contribution in [0.2, 0.25) is 0 Å². The highest BCUT2D eigenvalue weighted by molar-refractivity contribution is 8.13. The third kappa shape index (κ3) is 3.26. The van der Waals surface area contributed by atoms with Crippen molar-refractivity contribution in [2.75, 3.05) is 7.11 Å². The van der Waals surface area contributed by atoms with Crippen molar-refractivity contribution in [1.29, 1.82) is 0 Å². The minimum absolute atomic E-state index is 0.230. The van der Waals surface area contributed by atoms with E-state index in [4.69, 9.17) is 10.7 Å². The number of benzene rings is 1. The highest BCUT2D eigenvalue weighted by Gasteiger charge is 2.43. The zero-order valence-electron chi connectivity index (χ0n) is 9.06. The first-order chi connectivity index (χ1) is 8.48. The Morgan fingerprint density at radius 1 is 1.37 bits per heavy atom. The maximum atomic E-state index is 12.7. The number of alkyl halides is 3. The summed E-state index contributed by atoms with van der Waals surface area (Å²) in [5.74, 6) is -0.999. The lowest BCUT2D eigenvalue weighted by Crippen LogP contribution is -2.12. The molecule has 11 heteroatoms. The molecule has 0 bridgehead atoms. The van der Waals surface area contributed by atoms with E-state index in [0.717, 1.165) is 7.11 Å². The molecule has 0 saturated carbocycles. The Kier molecular flexibility index (Phi) is 3.96. The van der Waals surface area contributed by atoms with Gasteiger partial charge in [-0.15, -0.1) is 0 Å². The highest BCUT2D eigenvalue weighted by atomic mass is 35.7. The van der Waals surface area contributed by atoms with Crippen molar-refractivity contribution < 1.29 is 31.2 Å². The monoisotopic (exact) mass is 319 g/mol. The van der Waals surface area contributed by atoms with E-state index in [2.05, 4.69) is 4.74 Å². The molecule has 0 unspecified atom stereocenters. The van der Waals surface area contributed by atoms with Crippen LogP contribution < -0.4 is 4.74 Å². The molecule has 1 rings (SSSR count). The van der Waals surface area contributed by atoms with Crippen molar-refractivity contribution in [2.24, 2.45) is 0 Å². The SMILES string of the molecule is COc1cc(S(=O)(=O)Cl)cc([N+](=O)[O-])c1C(F)(F)F. The summed E-state index contributed by atoms with van der Waals surface area (Å²) in [5, 5.41) is 10.6. The molecule has 19 heavy (non-hydrogen) atoms. The molecule has 1 aromatic rings. The summed E-state index contributed by atoms with van der Waals surface area (Å²) >= 11 is 0. The van der Waals surface area contributed by atoms with E-state index < -0.39 is 42.0 Å². The van der Waals surface area contributed by atoms with Crippen LogP contribution in [0.5, 0.6) is 5.75 Å². The van der Waals surface area contributed by atoms with Crippen LogP contribution in [0.1, 0.15) is 5.56 Å². The van der Waals surface area contributed by atoms with Crippen LogP contribution in [0, 0.1) is 10.1 Å². The predicted octanol–water partition coefficient (Wildman–Crippen LogP) is 2.55. The predicted molar refractivity (Wildman–Crippen MR) is 57.7 cm³/mol. The molecule has 0 radical (unpaired) electrons. The molecule has 0 aromatic heterocycles. The molecule has 106 valence electrons. The Bertz CT molecular complexity index is 628. The second-order valence-electron chi connectivity index (χ2n) is 3.21. The number of methoxy groups -OCH3 is 1. The van der Waals surface area contributed by atoms with Crippen LogP contribution in [0.4, 0.5) is 18.9 Å². The fraction of sp³-hybridized carbons (Fsp3) is 0.250. The summed E-state index contributed by atoms with van der Waals surface area (Å²) < 4.78 is 64.6. The number of rotatable bonds is 3. The lowest BCUT2D eigenvalue weighted by molar-refractivity contribution is -0.388. The van der Waals surface area contributed by atoms with Gasteiger partial charge in [-0.2, -0.15) is 13.2 Å². The zero-order chi connectivity index (χ0) is 15.0. The second kappa shape index (κ2) is 4.85. The molecular weight excluding hydrogens is 315 g/mol. The molecule has 0 N–H and O–H groups in total. The van der Waals surface area contributed by atoms with Gasteiger partial charge in [0.15, 0.2) is 5.56 Å². The molecule has 0 fully saturated rings. The maximum absolute atomic E-state index is 12.7. The van der Waals surface area contributed by atoms with Gasteiger partial charge in [0.05, 0.1) is 16.9 Å². The number of nitro groups is 1. The summed E-state index contributed by atoms with van der Waals surface area (Å²) in [7, 11) is 1.33. The van der Waals surface area contributed by atoms with Crippen LogP contribution in [0.15, 0.2) is 17.0 Å². The summed E-state index contributed by atoms with van der Waals surface area (Å²) in [5.41, 5.74) is -3.13. The zero-order valence-corrected chi connectivity index (χ0v) is 10.6. The normalized spacial score (nSPS) is 12.3. The number of ether oxygens (including phenoxy) is 1. The molecule has 0 spiro atoms. The molecule has 0 heterocycles. The fourth-order valence-corrected chi connectivity index (χ4v) is 2.07. The molecule has 1 aromatic carbocycles. The van der Waals surface area contributed by atoms with Crippen LogP contribution in [-0.2, 0) is 15.2 Å². The minimum Gasteiger partial charge on any atom is -0.496 e. The molecule has 0 atom stereocenters. The molecule has 6 nitrogen and oxygen atoms in total. The quantitative estimate of drug-likeness (QED) is 0.485. The topological polar surface area (TPSA) is 86.5 Å². The lowest BCUT2D eigenvalue weighted by atomic mass is 10.1. The number of hydrogen-bond donors (Lipinski definition) is 0. The summed E-state index contributed by atoms with van der Waals surface area (Å²) in [6.07, 6.45) is -5.08. The van der Waals surface area contributed by atoms with Gasteiger partial charge in [0.1, 0.15) is 5.75 Å². The molecule has 0 aliphatic carbocycles. The van der Waals surface area contributed by atoms with E-state index in [9.17, 15) is 31.7 Å². The Labute approximate surface area is 109 Å². The van der Waals surface area contributed by atoms with Crippen molar-refractivity contribution >= 4 is 25.4 Å². The summed E-state index contributed by atoms with van der Waals surface area (Å²) in [4.78, 5) is 8.41. The highest BCUT2D eigenvalue weighted by Crippen LogP contribution is 2.44. The third-order valence-corrected chi connectivity index (χ3v) is 3.37. The van der Waals surface area contributed by atoms with Gasteiger partial charge < -0.3 is 4.74 Å². The van der Waals surface area contributed by atoms with Crippen LogP contribution in [-0.4, -0.2) is 20.5 Å². The van der Waals surface area contributed by atoms with Gasteiger partial charge >= 0.3 is 6.18 Å². The van der Waals surface area contributed by atoms with E-state index >= 15 is 0 Å². The van der Waals surface area contributed by atoms with Gasteiger partial charge in [0.2, 0.25) is 0 Å². The van der Waals surface area contributed by atoms with Crippen molar-refractivity contribution in [3.05, 3.63) is 27.8 Å². The largest absolute Gasteiger partial charge is 0.496 e. The Hall–Kier alpha value is -1.55. The smallest absolute Gasteiger partial charge is 0.426 e. The number of nitrogens with zero attached hydrogens (tertiary/aromatic N) is 1. The summed E-state index contributed by atoms with van der Waals surface area (Å²) in [6, 6.07) is 0.700. The fourth-order valence-electron chi connectivity index (χ4n) is 1.31. The first-order valence-electron chi connectivity index (χ1n) is 4.36. The van der Waals surface area contributed by atoms with E-state index in [-0.39, 0.29) is 6.07 Å². The molecule has 0 aliphatic heterocycles. The van der Waals surface area contributed by atoms with Crippen molar-refractivity contribution in [2.45, 2.75) is 11.1 Å². The average molecular weight is 320 g/mol. The van der Waals surface area contributed by atoms with E-state index in [1.165, 1.54) is 0 Å². The first-order valence-corrected chi connectivity index (χ1v) is 6.67. The molecule has 0 aliphatic rings. The molecule has 0 amide bonds. The van der Waals surface area contributed by atoms with Gasteiger partial charge in [-0.3, -0.25) is 10.1 Å². The maximum Gasteiger partial charge on any atom is 0.426 e. The second-order valence-corrected chi connectivity index (χ2v) is 5.78. The van der Waals surface area contributed by atoms with Gasteiger partial charge in [-0.25, -0.2) is 8.42 Å². The standard InChI is InChI=1S/C8H5ClF3NO5S/c1-18-6-3-4(19(9,16)17)2-5(13(14)15)7(6)8(10,11)12/h2-3H,1H3. The van der Waals surface area contributed by atoms with Crippen LogP contribution in [0.25, 0.3) is 0 Å². The average Bonchev–Trinajstić information content (AvgIpc) is 2.24.